The summed E-state index contributed by atoms with van der Waals surface area (Å²) in [4.78, 5) is 0. The molecular formula is C11H14FN. The third-order valence-corrected chi connectivity index (χ3v) is 1.76. The predicted octanol–water partition coefficient (Wildman–Crippen LogP) is 2.39. The van der Waals surface area contributed by atoms with E-state index >= 15 is 0 Å². The van der Waals surface area contributed by atoms with E-state index in [0.29, 0.717) is 6.42 Å². The van der Waals surface area contributed by atoms with Crippen LogP contribution in [0.2, 0.25) is 0 Å². The van der Waals surface area contributed by atoms with Crippen LogP contribution in [0.15, 0.2) is 36.4 Å². The van der Waals surface area contributed by atoms with E-state index in [-0.39, 0.29) is 6.54 Å². The number of nitrogens with two attached hydrogens (primary N) is 1. The summed E-state index contributed by atoms with van der Waals surface area (Å²) in [5.41, 5.74) is 6.23. The summed E-state index contributed by atoms with van der Waals surface area (Å²) in [6, 6.07) is 9.82. The summed E-state index contributed by atoms with van der Waals surface area (Å²) in [6.07, 6.45) is 3.19. The largest absolute Gasteiger partial charge is 0.328 e. The van der Waals surface area contributed by atoms with Crippen molar-refractivity contribution in [1.82, 2.24) is 0 Å². The van der Waals surface area contributed by atoms with Crippen molar-refractivity contribution in [3.63, 3.8) is 0 Å². The second kappa shape index (κ2) is 5.49. The molecule has 2 N–H and O–H groups in total. The number of alkyl halides is 1. The van der Waals surface area contributed by atoms with Gasteiger partial charge < -0.3 is 5.73 Å². The summed E-state index contributed by atoms with van der Waals surface area (Å²) >= 11 is 0. The Morgan fingerprint density at radius 2 is 2.00 bits per heavy atom. The number of benzene rings is 1. The quantitative estimate of drug-likeness (QED) is 0.754. The Kier molecular flexibility index (Phi) is 4.19. The van der Waals surface area contributed by atoms with Gasteiger partial charge in [-0.05, 0) is 12.0 Å². The van der Waals surface area contributed by atoms with Crippen LogP contribution in [-0.2, 0) is 0 Å². The van der Waals surface area contributed by atoms with E-state index in [1.165, 1.54) is 0 Å². The average molecular weight is 179 g/mol. The normalized spacial score (nSPS) is 13.4. The standard InChI is InChI=1S/C11H14FN/c12-11(9-13)8-4-7-10-5-2-1-3-6-10/h1-7,11H,8-9,13H2/b7-4+. The maximum absolute atomic E-state index is 12.7. The molecule has 2 heteroatoms. The fourth-order valence-electron chi connectivity index (χ4n) is 1.01. The molecular weight excluding hydrogens is 165 g/mol. The highest BCUT2D eigenvalue weighted by Gasteiger charge is 1.97. The summed E-state index contributed by atoms with van der Waals surface area (Å²) in [5, 5.41) is 0. The molecule has 0 fully saturated rings. The molecule has 1 nitrogen and oxygen atoms in total. The molecule has 1 rings (SSSR count). The molecule has 0 aliphatic heterocycles. The first-order chi connectivity index (χ1) is 6.33. The van der Waals surface area contributed by atoms with Gasteiger partial charge in [-0.3, -0.25) is 0 Å². The first kappa shape index (κ1) is 9.93. The third-order valence-electron chi connectivity index (χ3n) is 1.76. The van der Waals surface area contributed by atoms with Gasteiger partial charge in [0, 0.05) is 6.54 Å². The van der Waals surface area contributed by atoms with Crippen molar-refractivity contribution in [2.45, 2.75) is 12.6 Å². The molecule has 0 aliphatic carbocycles. The summed E-state index contributed by atoms with van der Waals surface area (Å²) in [7, 11) is 0. The lowest BCUT2D eigenvalue weighted by Crippen LogP contribution is -2.13. The van der Waals surface area contributed by atoms with Gasteiger partial charge in [-0.2, -0.15) is 0 Å². The Bertz CT molecular complexity index is 256. The summed E-state index contributed by atoms with van der Waals surface area (Å²) < 4.78 is 12.7. The first-order valence-corrected chi connectivity index (χ1v) is 4.38. The van der Waals surface area contributed by atoms with E-state index in [0.717, 1.165) is 5.56 Å². The topological polar surface area (TPSA) is 26.0 Å². The van der Waals surface area contributed by atoms with Crippen molar-refractivity contribution in [1.29, 1.82) is 0 Å². The lowest BCUT2D eigenvalue weighted by atomic mass is 10.2. The van der Waals surface area contributed by atoms with Gasteiger partial charge in [-0.25, -0.2) is 4.39 Å². The van der Waals surface area contributed by atoms with E-state index in [4.69, 9.17) is 5.73 Å². The van der Waals surface area contributed by atoms with E-state index in [2.05, 4.69) is 0 Å². The number of hydrogen-bond acceptors (Lipinski definition) is 1. The van der Waals surface area contributed by atoms with Crippen LogP contribution in [0.5, 0.6) is 0 Å². The zero-order valence-corrected chi connectivity index (χ0v) is 7.49. The van der Waals surface area contributed by atoms with E-state index < -0.39 is 6.17 Å². The summed E-state index contributed by atoms with van der Waals surface area (Å²) in [5.74, 6) is 0. The maximum atomic E-state index is 12.7. The van der Waals surface area contributed by atoms with Crippen LogP contribution in [0.1, 0.15) is 12.0 Å². The number of halogens is 1. The number of hydrogen-bond donors (Lipinski definition) is 1. The SMILES string of the molecule is NCC(F)C/C=C/c1ccccc1. The Balaban J connectivity index is 2.41. The Morgan fingerprint density at radius 3 is 2.62 bits per heavy atom. The van der Waals surface area contributed by atoms with Gasteiger partial charge in [0.2, 0.25) is 0 Å². The molecule has 70 valence electrons. The first-order valence-electron chi connectivity index (χ1n) is 4.38. The zero-order valence-electron chi connectivity index (χ0n) is 7.49. The fraction of sp³-hybridized carbons (Fsp3) is 0.273. The molecule has 1 atom stereocenters. The molecule has 0 heterocycles. The second-order valence-electron chi connectivity index (χ2n) is 2.88. The van der Waals surface area contributed by atoms with Crippen LogP contribution in [0.25, 0.3) is 6.08 Å². The molecule has 0 bridgehead atoms. The molecule has 0 aromatic heterocycles. The van der Waals surface area contributed by atoms with Crippen LogP contribution in [0.3, 0.4) is 0 Å². The van der Waals surface area contributed by atoms with Gasteiger partial charge in [-0.15, -0.1) is 0 Å². The van der Waals surface area contributed by atoms with Crippen molar-refractivity contribution in [3.05, 3.63) is 42.0 Å². The Labute approximate surface area is 78.1 Å². The predicted molar refractivity (Wildman–Crippen MR) is 54.0 cm³/mol. The average Bonchev–Trinajstić information content (AvgIpc) is 2.19. The Hall–Kier alpha value is -1.15. The fourth-order valence-corrected chi connectivity index (χ4v) is 1.01. The van der Waals surface area contributed by atoms with E-state index in [1.807, 2.05) is 42.5 Å². The second-order valence-corrected chi connectivity index (χ2v) is 2.88. The van der Waals surface area contributed by atoms with E-state index in [9.17, 15) is 4.39 Å². The lowest BCUT2D eigenvalue weighted by Gasteiger charge is -1.98. The minimum absolute atomic E-state index is 0.0964. The smallest absolute Gasteiger partial charge is 0.116 e. The van der Waals surface area contributed by atoms with Gasteiger partial charge in [0.05, 0.1) is 0 Å². The lowest BCUT2D eigenvalue weighted by molar-refractivity contribution is 0.345. The highest BCUT2D eigenvalue weighted by atomic mass is 19.1. The molecule has 0 spiro atoms. The van der Waals surface area contributed by atoms with Crippen LogP contribution in [-0.4, -0.2) is 12.7 Å². The third kappa shape index (κ3) is 3.85. The molecule has 0 radical (unpaired) electrons. The van der Waals surface area contributed by atoms with Crippen molar-refractivity contribution in [3.8, 4) is 0 Å². The minimum atomic E-state index is -0.917. The van der Waals surface area contributed by atoms with Crippen LogP contribution in [0, 0.1) is 0 Å². The van der Waals surface area contributed by atoms with E-state index in [1.54, 1.807) is 0 Å². The maximum Gasteiger partial charge on any atom is 0.116 e. The molecule has 1 aromatic rings. The highest BCUT2D eigenvalue weighted by Crippen LogP contribution is 2.04. The van der Waals surface area contributed by atoms with Crippen LogP contribution < -0.4 is 5.73 Å². The molecule has 0 aliphatic rings. The molecule has 0 amide bonds. The van der Waals surface area contributed by atoms with Crippen molar-refractivity contribution in [2.24, 2.45) is 5.73 Å². The minimum Gasteiger partial charge on any atom is -0.328 e. The highest BCUT2D eigenvalue weighted by molar-refractivity contribution is 5.48. The van der Waals surface area contributed by atoms with Gasteiger partial charge in [0.1, 0.15) is 6.17 Å². The van der Waals surface area contributed by atoms with Gasteiger partial charge in [0.25, 0.3) is 0 Å². The number of allylic oxidation sites excluding steroid dienone is 1. The van der Waals surface area contributed by atoms with Gasteiger partial charge >= 0.3 is 0 Å². The zero-order chi connectivity index (χ0) is 9.52. The van der Waals surface area contributed by atoms with Gasteiger partial charge in [0.15, 0.2) is 0 Å². The molecule has 0 saturated heterocycles. The van der Waals surface area contributed by atoms with Crippen LogP contribution >= 0.6 is 0 Å². The van der Waals surface area contributed by atoms with Crippen molar-refractivity contribution in [2.75, 3.05) is 6.54 Å². The van der Waals surface area contributed by atoms with Crippen molar-refractivity contribution >= 4 is 6.08 Å². The molecule has 0 saturated carbocycles. The van der Waals surface area contributed by atoms with Crippen molar-refractivity contribution < 1.29 is 4.39 Å². The monoisotopic (exact) mass is 179 g/mol. The molecule has 1 aromatic carbocycles. The van der Waals surface area contributed by atoms with Crippen LogP contribution in [0.4, 0.5) is 4.39 Å². The van der Waals surface area contributed by atoms with Gasteiger partial charge in [-0.1, -0.05) is 42.5 Å². The molecule has 1 unspecified atom stereocenters. The number of rotatable bonds is 4. The summed E-state index contributed by atoms with van der Waals surface area (Å²) in [6.45, 7) is 0.0964. The Morgan fingerprint density at radius 1 is 1.31 bits per heavy atom. The molecule has 13 heavy (non-hydrogen) atoms.